The van der Waals surface area contributed by atoms with E-state index in [2.05, 4.69) is 10.4 Å². The maximum absolute atomic E-state index is 11.9. The van der Waals surface area contributed by atoms with Gasteiger partial charge in [-0.1, -0.05) is 12.1 Å². The molecular weight excluding hydrogens is 270 g/mol. The van der Waals surface area contributed by atoms with Crippen LogP contribution in [0.1, 0.15) is 23.0 Å². The van der Waals surface area contributed by atoms with Gasteiger partial charge < -0.3 is 5.32 Å². The van der Waals surface area contributed by atoms with Crippen molar-refractivity contribution < 1.29 is 9.59 Å². The Morgan fingerprint density at radius 1 is 1.24 bits per heavy atom. The topological polar surface area (TPSA) is 81.1 Å². The van der Waals surface area contributed by atoms with E-state index in [1.165, 1.54) is 13.0 Å². The smallest absolute Gasteiger partial charge is 0.267 e. The Morgan fingerprint density at radius 3 is 2.71 bits per heavy atom. The fraction of sp³-hybridized carbons (Fsp3) is 0.200. The van der Waals surface area contributed by atoms with E-state index >= 15 is 0 Å². The molecule has 1 aromatic carbocycles. The first kappa shape index (κ1) is 14.6. The zero-order valence-corrected chi connectivity index (χ0v) is 11.8. The van der Waals surface area contributed by atoms with E-state index in [4.69, 9.17) is 0 Å². The molecule has 1 heterocycles. The minimum absolute atomic E-state index is 0.0809. The molecule has 0 aliphatic carbocycles. The first-order valence-corrected chi connectivity index (χ1v) is 6.41. The molecule has 0 spiro atoms. The molecular formula is C15H15N3O3. The van der Waals surface area contributed by atoms with Gasteiger partial charge in [0.1, 0.15) is 6.54 Å². The molecule has 1 N–H and O–H groups in total. The van der Waals surface area contributed by atoms with E-state index in [9.17, 15) is 14.4 Å². The number of hydrogen-bond donors (Lipinski definition) is 1. The number of carbonyl (C=O) groups excluding carboxylic acids is 2. The highest BCUT2D eigenvalue weighted by molar-refractivity contribution is 5.97. The predicted octanol–water partition coefficient (Wildman–Crippen LogP) is 1.39. The Hall–Kier alpha value is -2.76. The maximum atomic E-state index is 11.9. The molecule has 0 aliphatic rings. The second kappa shape index (κ2) is 6.13. The van der Waals surface area contributed by atoms with Crippen molar-refractivity contribution in [3.05, 3.63) is 58.0 Å². The lowest BCUT2D eigenvalue weighted by Gasteiger charge is -2.07. The lowest BCUT2D eigenvalue weighted by molar-refractivity contribution is -0.117. The number of aryl methyl sites for hydroxylation is 1. The van der Waals surface area contributed by atoms with E-state index < -0.39 is 0 Å². The van der Waals surface area contributed by atoms with Crippen LogP contribution < -0.4 is 10.9 Å². The number of nitrogens with one attached hydrogen (secondary N) is 1. The summed E-state index contributed by atoms with van der Waals surface area (Å²) >= 11 is 0. The number of Topliss-reactive ketones (excluding diaryl/α,β-unsaturated/α-hetero) is 1. The maximum Gasteiger partial charge on any atom is 0.267 e. The highest BCUT2D eigenvalue weighted by Crippen LogP contribution is 2.11. The number of benzene rings is 1. The van der Waals surface area contributed by atoms with Crippen LogP contribution in [0.15, 0.2) is 41.2 Å². The molecule has 2 aromatic rings. The quantitative estimate of drug-likeness (QED) is 0.861. The molecule has 0 fully saturated rings. The molecule has 0 unspecified atom stereocenters. The van der Waals surface area contributed by atoms with Crippen LogP contribution >= 0.6 is 0 Å². The Kier molecular flexibility index (Phi) is 4.27. The number of nitrogens with zero attached hydrogens (tertiary/aromatic N) is 2. The van der Waals surface area contributed by atoms with Gasteiger partial charge in [0.2, 0.25) is 5.91 Å². The minimum atomic E-state index is -0.379. The molecule has 1 amide bonds. The van der Waals surface area contributed by atoms with Crippen molar-refractivity contribution in [2.45, 2.75) is 20.4 Å². The van der Waals surface area contributed by atoms with Gasteiger partial charge >= 0.3 is 0 Å². The van der Waals surface area contributed by atoms with Crippen LogP contribution in [-0.2, 0) is 11.3 Å². The molecule has 0 aliphatic heterocycles. The molecule has 108 valence electrons. The van der Waals surface area contributed by atoms with Crippen molar-refractivity contribution in [1.29, 1.82) is 0 Å². The van der Waals surface area contributed by atoms with Crippen molar-refractivity contribution in [2.24, 2.45) is 0 Å². The molecule has 6 nitrogen and oxygen atoms in total. The molecule has 0 bridgehead atoms. The van der Waals surface area contributed by atoms with Crippen LogP contribution in [0, 0.1) is 6.92 Å². The zero-order valence-electron chi connectivity index (χ0n) is 11.8. The summed E-state index contributed by atoms with van der Waals surface area (Å²) in [5.41, 5.74) is 1.33. The summed E-state index contributed by atoms with van der Waals surface area (Å²) in [6, 6.07) is 9.58. The number of aromatic nitrogens is 2. The van der Waals surface area contributed by atoms with Gasteiger partial charge in [0.15, 0.2) is 5.78 Å². The number of hydrogen-bond acceptors (Lipinski definition) is 4. The molecule has 21 heavy (non-hydrogen) atoms. The van der Waals surface area contributed by atoms with Crippen LogP contribution in [-0.4, -0.2) is 21.5 Å². The zero-order chi connectivity index (χ0) is 15.4. The van der Waals surface area contributed by atoms with Crippen LogP contribution in [0.4, 0.5) is 5.69 Å². The summed E-state index contributed by atoms with van der Waals surface area (Å²) in [6.07, 6.45) is 0. The first-order valence-electron chi connectivity index (χ1n) is 6.41. The third kappa shape index (κ3) is 3.85. The average molecular weight is 285 g/mol. The van der Waals surface area contributed by atoms with E-state index in [0.29, 0.717) is 16.9 Å². The normalized spacial score (nSPS) is 10.2. The van der Waals surface area contributed by atoms with Crippen molar-refractivity contribution >= 4 is 17.4 Å². The van der Waals surface area contributed by atoms with E-state index in [1.807, 2.05) is 0 Å². The summed E-state index contributed by atoms with van der Waals surface area (Å²) in [5, 5.41) is 6.63. The first-order chi connectivity index (χ1) is 9.95. The monoisotopic (exact) mass is 285 g/mol. The van der Waals surface area contributed by atoms with Crippen LogP contribution in [0.2, 0.25) is 0 Å². The highest BCUT2D eigenvalue weighted by Gasteiger charge is 2.07. The van der Waals surface area contributed by atoms with Crippen LogP contribution in [0.5, 0.6) is 0 Å². The van der Waals surface area contributed by atoms with Gasteiger partial charge in [0, 0.05) is 17.3 Å². The summed E-state index contributed by atoms with van der Waals surface area (Å²) < 4.78 is 1.10. The lowest BCUT2D eigenvalue weighted by atomic mass is 10.1. The van der Waals surface area contributed by atoms with Gasteiger partial charge in [-0.2, -0.15) is 5.10 Å². The minimum Gasteiger partial charge on any atom is -0.324 e. The summed E-state index contributed by atoms with van der Waals surface area (Å²) in [6.45, 7) is 3.02. The molecule has 6 heteroatoms. The van der Waals surface area contributed by atoms with Gasteiger partial charge in [-0.05, 0) is 32.0 Å². The molecule has 0 saturated heterocycles. The molecule has 0 saturated carbocycles. The van der Waals surface area contributed by atoms with Crippen molar-refractivity contribution in [2.75, 3.05) is 5.32 Å². The number of rotatable bonds is 4. The lowest BCUT2D eigenvalue weighted by Crippen LogP contribution is -2.29. The average Bonchev–Trinajstić information content (AvgIpc) is 2.43. The van der Waals surface area contributed by atoms with Gasteiger partial charge in [0.05, 0.1) is 5.69 Å². The Bertz CT molecular complexity index is 750. The molecule has 0 radical (unpaired) electrons. The van der Waals surface area contributed by atoms with E-state index in [-0.39, 0.29) is 23.8 Å². The van der Waals surface area contributed by atoms with Crippen molar-refractivity contribution in [3.63, 3.8) is 0 Å². The number of ketones is 1. The largest absolute Gasteiger partial charge is 0.324 e. The standard InChI is InChI=1S/C15H15N3O3/c1-10-6-7-15(21)18(17-10)9-14(20)16-13-5-3-4-12(8-13)11(2)19/h3-8H,9H2,1-2H3,(H,16,20). The van der Waals surface area contributed by atoms with Gasteiger partial charge in [-0.15, -0.1) is 0 Å². The van der Waals surface area contributed by atoms with E-state index in [0.717, 1.165) is 4.68 Å². The third-order valence-electron chi connectivity index (χ3n) is 2.85. The third-order valence-corrected chi connectivity index (χ3v) is 2.85. The Morgan fingerprint density at radius 2 is 2.00 bits per heavy atom. The highest BCUT2D eigenvalue weighted by atomic mass is 16.2. The predicted molar refractivity (Wildman–Crippen MR) is 78.3 cm³/mol. The van der Waals surface area contributed by atoms with Crippen molar-refractivity contribution in [1.82, 2.24) is 9.78 Å². The summed E-state index contributed by atoms with van der Waals surface area (Å²) in [5.74, 6) is -0.460. The number of carbonyl (C=O) groups is 2. The van der Waals surface area contributed by atoms with Crippen molar-refractivity contribution in [3.8, 4) is 0 Å². The summed E-state index contributed by atoms with van der Waals surface area (Å²) in [7, 11) is 0. The fourth-order valence-corrected chi connectivity index (χ4v) is 1.82. The second-order valence-electron chi connectivity index (χ2n) is 4.66. The molecule has 1 aromatic heterocycles. The fourth-order valence-electron chi connectivity index (χ4n) is 1.82. The van der Waals surface area contributed by atoms with Gasteiger partial charge in [-0.25, -0.2) is 4.68 Å². The number of anilines is 1. The Labute approximate surface area is 121 Å². The second-order valence-corrected chi connectivity index (χ2v) is 4.66. The van der Waals surface area contributed by atoms with Gasteiger partial charge in [0.25, 0.3) is 5.56 Å². The number of amides is 1. The molecule has 2 rings (SSSR count). The van der Waals surface area contributed by atoms with Gasteiger partial charge in [-0.3, -0.25) is 14.4 Å². The van der Waals surface area contributed by atoms with Crippen LogP contribution in [0.3, 0.4) is 0 Å². The Balaban J connectivity index is 2.11. The van der Waals surface area contributed by atoms with Crippen LogP contribution in [0.25, 0.3) is 0 Å². The molecule has 0 atom stereocenters. The SMILES string of the molecule is CC(=O)c1cccc(NC(=O)Cn2nc(C)ccc2=O)c1. The van der Waals surface area contributed by atoms with E-state index in [1.54, 1.807) is 37.3 Å². The summed E-state index contributed by atoms with van der Waals surface area (Å²) in [4.78, 5) is 34.8.